The fourth-order valence-electron chi connectivity index (χ4n) is 3.70. The highest BCUT2D eigenvalue weighted by atomic mass is 35.5. The summed E-state index contributed by atoms with van der Waals surface area (Å²) < 4.78 is 26.3. The zero-order valence-corrected chi connectivity index (χ0v) is 17.5. The van der Waals surface area contributed by atoms with Crippen LogP contribution in [0.5, 0.6) is 0 Å². The second-order valence-corrected chi connectivity index (χ2v) is 7.92. The van der Waals surface area contributed by atoms with Gasteiger partial charge in [0.15, 0.2) is 11.9 Å². The maximum atomic E-state index is 14.0. The van der Waals surface area contributed by atoms with Crippen molar-refractivity contribution in [3.63, 3.8) is 0 Å². The molecule has 31 heavy (non-hydrogen) atoms. The maximum Gasteiger partial charge on any atom is 0.405 e. The molecule has 2 aromatic carbocycles. The lowest BCUT2D eigenvalue weighted by molar-refractivity contribution is 0.102. The number of hydrogen-bond acceptors (Lipinski definition) is 5. The fraction of sp³-hybridized carbons (Fsp3) is 0.318. The van der Waals surface area contributed by atoms with E-state index >= 15 is 0 Å². The summed E-state index contributed by atoms with van der Waals surface area (Å²) >= 11 is 6.07. The summed E-state index contributed by atoms with van der Waals surface area (Å²) in [5.41, 5.74) is 5.94. The quantitative estimate of drug-likeness (QED) is 0.590. The zero-order chi connectivity index (χ0) is 22.1. The Hall–Kier alpha value is -2.97. The average Bonchev–Trinajstić information content (AvgIpc) is 3.49. The van der Waals surface area contributed by atoms with Crippen molar-refractivity contribution in [3.8, 4) is 0 Å². The highest BCUT2D eigenvalue weighted by molar-refractivity contribution is 6.35. The molecule has 3 atom stereocenters. The fourth-order valence-corrected chi connectivity index (χ4v) is 3.94. The number of rotatable bonds is 7. The van der Waals surface area contributed by atoms with Crippen molar-refractivity contribution in [1.82, 2.24) is 9.55 Å². The van der Waals surface area contributed by atoms with Crippen LogP contribution in [-0.4, -0.2) is 22.3 Å². The minimum Gasteiger partial charge on any atom is -0.439 e. The summed E-state index contributed by atoms with van der Waals surface area (Å²) in [5.74, 6) is -0.408. The number of benzene rings is 2. The zero-order valence-electron chi connectivity index (χ0n) is 16.8. The molecule has 0 bridgehead atoms. The van der Waals surface area contributed by atoms with Gasteiger partial charge in [0.1, 0.15) is 5.82 Å². The van der Waals surface area contributed by atoms with E-state index in [9.17, 15) is 14.0 Å². The molecule has 1 aliphatic carbocycles. The molecule has 4 rings (SSSR count). The first-order valence-corrected chi connectivity index (χ1v) is 10.2. The monoisotopic (exact) mass is 445 g/mol. The van der Waals surface area contributed by atoms with E-state index in [1.165, 1.54) is 10.6 Å². The Morgan fingerprint density at radius 3 is 2.77 bits per heavy atom. The molecule has 1 fully saturated rings. The second-order valence-electron chi connectivity index (χ2n) is 7.54. The van der Waals surface area contributed by atoms with Crippen LogP contribution in [0, 0.1) is 11.7 Å². The van der Waals surface area contributed by atoms with Crippen molar-refractivity contribution < 1.29 is 18.7 Å². The number of carbonyl (C=O) groups excluding carboxylic acids is 1. The van der Waals surface area contributed by atoms with Gasteiger partial charge in [-0.1, -0.05) is 41.9 Å². The van der Waals surface area contributed by atoms with E-state index in [4.69, 9.17) is 26.8 Å². The molecule has 1 aliphatic rings. The highest BCUT2D eigenvalue weighted by Crippen LogP contribution is 2.44. The van der Waals surface area contributed by atoms with Gasteiger partial charge in [0.25, 0.3) is 5.56 Å². The highest BCUT2D eigenvalue weighted by Gasteiger charge is 2.42. The average molecular weight is 446 g/mol. The smallest absolute Gasteiger partial charge is 0.405 e. The van der Waals surface area contributed by atoms with Crippen LogP contribution in [0.25, 0.3) is 10.9 Å². The molecule has 1 saturated carbocycles. The van der Waals surface area contributed by atoms with Crippen LogP contribution in [0.15, 0.2) is 47.3 Å². The summed E-state index contributed by atoms with van der Waals surface area (Å²) in [4.78, 5) is 29.0. The van der Waals surface area contributed by atoms with Crippen molar-refractivity contribution in [2.75, 3.05) is 6.61 Å². The number of ether oxygens (including phenoxy) is 2. The number of halogens is 2. The minimum absolute atomic E-state index is 0.00690. The van der Waals surface area contributed by atoms with Gasteiger partial charge >= 0.3 is 6.09 Å². The van der Waals surface area contributed by atoms with Crippen LogP contribution in [0.2, 0.25) is 5.02 Å². The van der Waals surface area contributed by atoms with Gasteiger partial charge in [0.05, 0.1) is 29.1 Å². The maximum absolute atomic E-state index is 14.0. The molecule has 1 heterocycles. The van der Waals surface area contributed by atoms with E-state index in [1.807, 2.05) is 30.3 Å². The van der Waals surface area contributed by atoms with Crippen LogP contribution in [0.1, 0.15) is 36.9 Å². The number of primary amides is 1. The number of nitrogens with zero attached hydrogens (tertiary/aromatic N) is 2. The standard InChI is InChI=1S/C22H21ClFN3O4/c1-12(31-22(25)29)20-26-16-8-7-15(24)19(23)18(16)21(28)27(20)17-9-14(17)11-30-10-13-5-3-2-4-6-13/h2-8,12,14,17H,9-11H2,1H3,(H2,25,29). The van der Waals surface area contributed by atoms with Crippen LogP contribution in [0.4, 0.5) is 9.18 Å². The lowest BCUT2D eigenvalue weighted by Crippen LogP contribution is -2.29. The van der Waals surface area contributed by atoms with E-state index in [0.29, 0.717) is 19.6 Å². The molecule has 1 amide bonds. The molecule has 0 spiro atoms. The SMILES string of the molecule is CC(OC(N)=O)c1nc2ccc(F)c(Cl)c2c(=O)n1C1CC1COCc1ccccc1. The molecule has 0 radical (unpaired) electrons. The van der Waals surface area contributed by atoms with E-state index in [0.717, 1.165) is 11.6 Å². The lowest BCUT2D eigenvalue weighted by atomic mass is 10.2. The van der Waals surface area contributed by atoms with Crippen LogP contribution in [0.3, 0.4) is 0 Å². The van der Waals surface area contributed by atoms with Crippen LogP contribution >= 0.6 is 11.6 Å². The van der Waals surface area contributed by atoms with Gasteiger partial charge in [-0.15, -0.1) is 0 Å². The number of nitrogens with two attached hydrogens (primary N) is 1. The van der Waals surface area contributed by atoms with E-state index in [2.05, 4.69) is 4.98 Å². The topological polar surface area (TPSA) is 96.4 Å². The summed E-state index contributed by atoms with van der Waals surface area (Å²) in [6.07, 6.45) is -1.18. The second kappa shape index (κ2) is 8.64. The summed E-state index contributed by atoms with van der Waals surface area (Å²) in [6, 6.07) is 12.0. The van der Waals surface area contributed by atoms with Gasteiger partial charge in [-0.05, 0) is 31.0 Å². The van der Waals surface area contributed by atoms with E-state index in [-0.39, 0.29) is 33.7 Å². The number of aromatic nitrogens is 2. The molecule has 3 aromatic rings. The molecule has 162 valence electrons. The van der Waals surface area contributed by atoms with Gasteiger partial charge in [-0.2, -0.15) is 0 Å². The predicted molar refractivity (Wildman–Crippen MR) is 113 cm³/mol. The Bertz CT molecular complexity index is 1180. The molecule has 3 unspecified atom stereocenters. The molecular weight excluding hydrogens is 425 g/mol. The largest absolute Gasteiger partial charge is 0.439 e. The van der Waals surface area contributed by atoms with Crippen molar-refractivity contribution in [1.29, 1.82) is 0 Å². The number of amides is 1. The van der Waals surface area contributed by atoms with Crippen molar-refractivity contribution >= 4 is 28.6 Å². The molecule has 0 saturated heterocycles. The lowest BCUT2D eigenvalue weighted by Gasteiger charge is -2.19. The Morgan fingerprint density at radius 2 is 2.06 bits per heavy atom. The first kappa shape index (κ1) is 21.3. The number of hydrogen-bond donors (Lipinski definition) is 1. The number of carbonyl (C=O) groups is 1. The minimum atomic E-state index is -0.982. The third-order valence-corrected chi connectivity index (χ3v) is 5.67. The molecule has 7 nitrogen and oxygen atoms in total. The van der Waals surface area contributed by atoms with Gasteiger partial charge < -0.3 is 15.2 Å². The first-order chi connectivity index (χ1) is 14.9. The number of fused-ring (bicyclic) bond motifs is 1. The third-order valence-electron chi connectivity index (χ3n) is 5.30. The van der Waals surface area contributed by atoms with E-state index in [1.54, 1.807) is 6.92 Å². The van der Waals surface area contributed by atoms with Gasteiger partial charge in [0.2, 0.25) is 0 Å². The van der Waals surface area contributed by atoms with Crippen LogP contribution in [-0.2, 0) is 16.1 Å². The molecular formula is C22H21ClFN3O4. The van der Waals surface area contributed by atoms with Crippen molar-refractivity contribution in [2.24, 2.45) is 11.7 Å². The van der Waals surface area contributed by atoms with Gasteiger partial charge in [0, 0.05) is 12.0 Å². The molecule has 9 heteroatoms. The summed E-state index contributed by atoms with van der Waals surface area (Å²) in [6.45, 7) is 2.47. The van der Waals surface area contributed by atoms with E-state index < -0.39 is 23.6 Å². The van der Waals surface area contributed by atoms with Crippen LogP contribution < -0.4 is 11.3 Å². The van der Waals surface area contributed by atoms with Gasteiger partial charge in [-0.25, -0.2) is 14.2 Å². The molecule has 2 N–H and O–H groups in total. The predicted octanol–water partition coefficient (Wildman–Crippen LogP) is 4.12. The normalized spacial score (nSPS) is 18.7. The third kappa shape index (κ3) is 4.40. The molecule has 0 aliphatic heterocycles. The first-order valence-electron chi connectivity index (χ1n) is 9.84. The summed E-state index contributed by atoms with van der Waals surface area (Å²) in [7, 11) is 0. The Labute approximate surface area is 182 Å². The Morgan fingerprint density at radius 1 is 1.32 bits per heavy atom. The van der Waals surface area contributed by atoms with Crippen molar-refractivity contribution in [2.45, 2.75) is 32.1 Å². The van der Waals surface area contributed by atoms with Crippen molar-refractivity contribution in [3.05, 3.63) is 75.0 Å². The molecule has 1 aromatic heterocycles. The van der Waals surface area contributed by atoms with Gasteiger partial charge in [-0.3, -0.25) is 9.36 Å². The Balaban J connectivity index is 1.64. The Kier molecular flexibility index (Phi) is 5.93. The summed E-state index contributed by atoms with van der Waals surface area (Å²) in [5, 5.41) is -0.288.